The van der Waals surface area contributed by atoms with Crippen LogP contribution in [-0.4, -0.2) is 20.8 Å². The molecule has 0 fully saturated rings. The van der Waals surface area contributed by atoms with Crippen molar-refractivity contribution >= 4 is 6.29 Å². The Morgan fingerprint density at radius 2 is 1.95 bits per heavy atom. The van der Waals surface area contributed by atoms with Gasteiger partial charge in [0.1, 0.15) is 12.0 Å². The summed E-state index contributed by atoms with van der Waals surface area (Å²) in [5.74, 6) is 0. The van der Waals surface area contributed by atoms with Crippen LogP contribution < -0.4 is 5.56 Å². The quantitative estimate of drug-likeness (QED) is 0.737. The minimum Gasteiger partial charge on any atom is -0.329 e. The number of imidazole rings is 1. The molecule has 20 heavy (non-hydrogen) atoms. The van der Waals surface area contributed by atoms with E-state index in [1.807, 2.05) is 24.3 Å². The summed E-state index contributed by atoms with van der Waals surface area (Å²) in [5.41, 5.74) is 2.60. The Balaban J connectivity index is 1.97. The van der Waals surface area contributed by atoms with Crippen LogP contribution in [0.2, 0.25) is 0 Å². The Morgan fingerprint density at radius 3 is 2.60 bits per heavy atom. The Labute approximate surface area is 114 Å². The zero-order valence-corrected chi connectivity index (χ0v) is 10.5. The second-order valence-corrected chi connectivity index (χ2v) is 4.28. The average molecular weight is 265 g/mol. The van der Waals surface area contributed by atoms with Crippen LogP contribution in [0.5, 0.6) is 0 Å². The van der Waals surface area contributed by atoms with Gasteiger partial charge in [-0.05, 0) is 29.8 Å². The summed E-state index contributed by atoms with van der Waals surface area (Å²) in [5, 5.41) is 0. The van der Waals surface area contributed by atoms with Crippen LogP contribution in [0.1, 0.15) is 10.5 Å². The highest BCUT2D eigenvalue weighted by atomic mass is 16.1. The molecule has 0 radical (unpaired) electrons. The zero-order valence-electron chi connectivity index (χ0n) is 10.5. The number of aromatic amines is 1. The molecule has 3 aromatic rings. The Bertz CT molecular complexity index is 800. The molecule has 0 atom stereocenters. The molecule has 0 saturated heterocycles. The molecule has 1 aromatic carbocycles. The SMILES string of the molecule is O=Cc1cn(-c2ccc(-c3ccc[nH]c3=O)cc2)cn1. The summed E-state index contributed by atoms with van der Waals surface area (Å²) in [6.45, 7) is 0. The van der Waals surface area contributed by atoms with Crippen LogP contribution in [0, 0.1) is 0 Å². The van der Waals surface area contributed by atoms with Gasteiger partial charge in [-0.2, -0.15) is 0 Å². The van der Waals surface area contributed by atoms with Gasteiger partial charge in [-0.1, -0.05) is 12.1 Å². The van der Waals surface area contributed by atoms with Gasteiger partial charge in [0, 0.05) is 23.6 Å². The van der Waals surface area contributed by atoms with Crippen molar-refractivity contribution in [3.8, 4) is 16.8 Å². The predicted octanol–water partition coefficient (Wildman–Crippen LogP) is 2.04. The number of H-pyrrole nitrogens is 1. The van der Waals surface area contributed by atoms with E-state index in [1.54, 1.807) is 35.4 Å². The van der Waals surface area contributed by atoms with E-state index in [9.17, 15) is 9.59 Å². The molecule has 5 nitrogen and oxygen atoms in total. The molecule has 0 aliphatic heterocycles. The van der Waals surface area contributed by atoms with Crippen molar-refractivity contribution in [1.82, 2.24) is 14.5 Å². The van der Waals surface area contributed by atoms with Crippen LogP contribution >= 0.6 is 0 Å². The Morgan fingerprint density at radius 1 is 1.15 bits per heavy atom. The molecule has 98 valence electrons. The van der Waals surface area contributed by atoms with Gasteiger partial charge >= 0.3 is 0 Å². The minimum absolute atomic E-state index is 0.119. The fraction of sp³-hybridized carbons (Fsp3) is 0. The Hall–Kier alpha value is -2.95. The summed E-state index contributed by atoms with van der Waals surface area (Å²) in [6, 6.07) is 11.0. The van der Waals surface area contributed by atoms with E-state index in [2.05, 4.69) is 9.97 Å². The summed E-state index contributed by atoms with van der Waals surface area (Å²) < 4.78 is 1.75. The minimum atomic E-state index is -0.119. The number of carbonyl (C=O) groups excluding carboxylic acids is 1. The molecule has 2 heterocycles. The van der Waals surface area contributed by atoms with Crippen LogP contribution in [0.15, 0.2) is 59.9 Å². The molecule has 0 amide bonds. The van der Waals surface area contributed by atoms with Crippen LogP contribution in [0.4, 0.5) is 0 Å². The van der Waals surface area contributed by atoms with E-state index in [1.165, 1.54) is 0 Å². The van der Waals surface area contributed by atoms with Crippen molar-refractivity contribution in [2.24, 2.45) is 0 Å². The highest BCUT2D eigenvalue weighted by Gasteiger charge is 2.03. The number of aldehydes is 1. The molecular formula is C15H11N3O2. The number of aromatic nitrogens is 3. The lowest BCUT2D eigenvalue weighted by molar-refractivity contribution is 0.111. The number of nitrogens with zero attached hydrogens (tertiary/aromatic N) is 2. The standard InChI is InChI=1S/C15H11N3O2/c19-9-12-8-18(10-17-12)13-5-3-11(4-6-13)14-2-1-7-16-15(14)20/h1-10H,(H,16,20). The zero-order chi connectivity index (χ0) is 13.9. The maximum absolute atomic E-state index is 11.7. The van der Waals surface area contributed by atoms with Crippen LogP contribution in [0.3, 0.4) is 0 Å². The molecule has 3 rings (SSSR count). The third-order valence-corrected chi connectivity index (χ3v) is 3.02. The van der Waals surface area contributed by atoms with Gasteiger partial charge in [0.25, 0.3) is 5.56 Å². The topological polar surface area (TPSA) is 67.8 Å². The second kappa shape index (κ2) is 4.97. The summed E-state index contributed by atoms with van der Waals surface area (Å²) in [7, 11) is 0. The van der Waals surface area contributed by atoms with Crippen molar-refractivity contribution < 1.29 is 4.79 Å². The summed E-state index contributed by atoms with van der Waals surface area (Å²) in [6.07, 6.45) is 5.53. The van der Waals surface area contributed by atoms with E-state index < -0.39 is 0 Å². The van der Waals surface area contributed by atoms with Crippen molar-refractivity contribution in [2.75, 3.05) is 0 Å². The van der Waals surface area contributed by atoms with Crippen LogP contribution in [-0.2, 0) is 0 Å². The molecule has 1 N–H and O–H groups in total. The molecule has 5 heteroatoms. The van der Waals surface area contributed by atoms with Gasteiger partial charge in [0.05, 0.1) is 0 Å². The molecule has 0 aliphatic carbocycles. The van der Waals surface area contributed by atoms with E-state index in [0.29, 0.717) is 17.5 Å². The second-order valence-electron chi connectivity index (χ2n) is 4.28. The number of hydrogen-bond donors (Lipinski definition) is 1. The molecule has 0 aliphatic rings. The normalized spacial score (nSPS) is 10.4. The number of nitrogens with one attached hydrogen (secondary N) is 1. The lowest BCUT2D eigenvalue weighted by Gasteiger charge is -2.04. The van der Waals surface area contributed by atoms with Gasteiger partial charge in [0.15, 0.2) is 6.29 Å². The van der Waals surface area contributed by atoms with Crippen molar-refractivity contribution in [3.63, 3.8) is 0 Å². The maximum atomic E-state index is 11.7. The maximum Gasteiger partial charge on any atom is 0.255 e. The third-order valence-electron chi connectivity index (χ3n) is 3.02. The number of carbonyl (C=O) groups is 1. The Kier molecular flexibility index (Phi) is 3.01. The number of benzene rings is 1. The highest BCUT2D eigenvalue weighted by Crippen LogP contribution is 2.17. The van der Waals surface area contributed by atoms with Gasteiger partial charge < -0.3 is 9.55 Å². The van der Waals surface area contributed by atoms with Gasteiger partial charge in [0.2, 0.25) is 0 Å². The fourth-order valence-corrected chi connectivity index (χ4v) is 2.00. The van der Waals surface area contributed by atoms with Crippen molar-refractivity contribution in [2.45, 2.75) is 0 Å². The number of pyridine rings is 1. The van der Waals surface area contributed by atoms with Crippen molar-refractivity contribution in [1.29, 1.82) is 0 Å². The number of hydrogen-bond acceptors (Lipinski definition) is 3. The first-order valence-electron chi connectivity index (χ1n) is 6.05. The smallest absolute Gasteiger partial charge is 0.255 e. The molecule has 0 bridgehead atoms. The van der Waals surface area contributed by atoms with E-state index in [-0.39, 0.29) is 5.56 Å². The lowest BCUT2D eigenvalue weighted by atomic mass is 10.1. The summed E-state index contributed by atoms with van der Waals surface area (Å²) in [4.78, 5) is 28.9. The fourth-order valence-electron chi connectivity index (χ4n) is 2.00. The van der Waals surface area contributed by atoms with Crippen molar-refractivity contribution in [3.05, 3.63) is 71.2 Å². The van der Waals surface area contributed by atoms with Gasteiger partial charge in [-0.15, -0.1) is 0 Å². The highest BCUT2D eigenvalue weighted by molar-refractivity contribution is 5.71. The van der Waals surface area contributed by atoms with E-state index in [0.717, 1.165) is 11.3 Å². The molecular weight excluding hydrogens is 254 g/mol. The molecule has 0 saturated carbocycles. The summed E-state index contributed by atoms with van der Waals surface area (Å²) >= 11 is 0. The van der Waals surface area contributed by atoms with Gasteiger partial charge in [-0.25, -0.2) is 4.98 Å². The first kappa shape index (κ1) is 12.1. The largest absolute Gasteiger partial charge is 0.329 e. The molecule has 2 aromatic heterocycles. The van der Waals surface area contributed by atoms with Crippen LogP contribution in [0.25, 0.3) is 16.8 Å². The predicted molar refractivity (Wildman–Crippen MR) is 75.0 cm³/mol. The monoisotopic (exact) mass is 265 g/mol. The number of rotatable bonds is 3. The first-order chi connectivity index (χ1) is 9.78. The van der Waals surface area contributed by atoms with E-state index in [4.69, 9.17) is 0 Å². The molecule has 0 spiro atoms. The average Bonchev–Trinajstić information content (AvgIpc) is 2.97. The molecule has 0 unspecified atom stereocenters. The lowest BCUT2D eigenvalue weighted by Crippen LogP contribution is -2.06. The third kappa shape index (κ3) is 2.16. The first-order valence-corrected chi connectivity index (χ1v) is 6.05. The van der Waals surface area contributed by atoms with Gasteiger partial charge in [-0.3, -0.25) is 9.59 Å². The van der Waals surface area contributed by atoms with E-state index >= 15 is 0 Å².